The molecule has 1 nitrogen and oxygen atoms in total. The summed E-state index contributed by atoms with van der Waals surface area (Å²) in [5.41, 5.74) is 3.68. The molecule has 0 saturated carbocycles. The fourth-order valence-electron chi connectivity index (χ4n) is 1.69. The lowest BCUT2D eigenvalue weighted by Gasteiger charge is -2.04. The molecule has 0 aliphatic carbocycles. The average molecular weight is 289 g/mol. The molecule has 0 amide bonds. The fraction of sp³-hybridized carbons (Fsp3) is 0.133. The van der Waals surface area contributed by atoms with Crippen LogP contribution in [0.4, 0.5) is 0 Å². The number of carbonyl (C=O) groups is 1. The van der Waals surface area contributed by atoms with Crippen molar-refractivity contribution in [2.75, 3.05) is 0 Å². The van der Waals surface area contributed by atoms with E-state index in [2.05, 4.69) is 15.9 Å². The smallest absolute Gasteiger partial charge is 0.193 e. The van der Waals surface area contributed by atoms with Crippen LogP contribution in [0.3, 0.4) is 0 Å². The van der Waals surface area contributed by atoms with Crippen molar-refractivity contribution >= 4 is 21.7 Å². The molecular weight excluding hydrogens is 276 g/mol. The second-order valence-corrected chi connectivity index (χ2v) is 5.02. The third-order valence-electron chi connectivity index (χ3n) is 2.71. The zero-order chi connectivity index (χ0) is 12.4. The lowest BCUT2D eigenvalue weighted by Crippen LogP contribution is -2.01. The Morgan fingerprint density at radius 2 is 1.71 bits per heavy atom. The van der Waals surface area contributed by atoms with Gasteiger partial charge in [-0.1, -0.05) is 51.8 Å². The van der Waals surface area contributed by atoms with Gasteiger partial charge in [-0.25, -0.2) is 0 Å². The molecule has 17 heavy (non-hydrogen) atoms. The maximum Gasteiger partial charge on any atom is 0.193 e. The molecule has 0 heterocycles. The maximum atomic E-state index is 12.2. The standard InChI is InChI=1S/C15H13BrO/c1-10-4-3-5-12(8-10)15(17)13-7-6-11(2)14(16)9-13/h3-9H,1-2H3. The monoisotopic (exact) mass is 288 g/mol. The number of ketones is 1. The van der Waals surface area contributed by atoms with Crippen LogP contribution in [-0.2, 0) is 0 Å². The van der Waals surface area contributed by atoms with E-state index < -0.39 is 0 Å². The van der Waals surface area contributed by atoms with Gasteiger partial charge in [0, 0.05) is 15.6 Å². The van der Waals surface area contributed by atoms with Crippen LogP contribution < -0.4 is 0 Å². The van der Waals surface area contributed by atoms with Crippen LogP contribution in [0.15, 0.2) is 46.9 Å². The van der Waals surface area contributed by atoms with Crippen molar-refractivity contribution in [2.45, 2.75) is 13.8 Å². The molecular formula is C15H13BrO. The van der Waals surface area contributed by atoms with Crippen LogP contribution >= 0.6 is 15.9 Å². The molecule has 0 bridgehead atoms. The Labute approximate surface area is 110 Å². The van der Waals surface area contributed by atoms with Crippen molar-refractivity contribution in [1.29, 1.82) is 0 Å². The first-order valence-corrected chi connectivity index (χ1v) is 6.25. The summed E-state index contributed by atoms with van der Waals surface area (Å²) < 4.78 is 0.969. The van der Waals surface area contributed by atoms with Gasteiger partial charge in [-0.3, -0.25) is 4.79 Å². The summed E-state index contributed by atoms with van der Waals surface area (Å²) in [7, 11) is 0. The number of hydrogen-bond acceptors (Lipinski definition) is 1. The second kappa shape index (κ2) is 4.84. The van der Waals surface area contributed by atoms with Gasteiger partial charge in [-0.2, -0.15) is 0 Å². The molecule has 0 fully saturated rings. The van der Waals surface area contributed by atoms with E-state index >= 15 is 0 Å². The third kappa shape index (κ3) is 2.64. The van der Waals surface area contributed by atoms with E-state index in [1.165, 1.54) is 0 Å². The molecule has 0 N–H and O–H groups in total. The highest BCUT2D eigenvalue weighted by Gasteiger charge is 2.09. The van der Waals surface area contributed by atoms with Crippen molar-refractivity contribution < 1.29 is 4.79 Å². The number of carbonyl (C=O) groups excluding carboxylic acids is 1. The predicted octanol–water partition coefficient (Wildman–Crippen LogP) is 4.30. The van der Waals surface area contributed by atoms with Crippen molar-refractivity contribution in [2.24, 2.45) is 0 Å². The van der Waals surface area contributed by atoms with E-state index in [9.17, 15) is 4.79 Å². The first-order chi connectivity index (χ1) is 8.08. The molecule has 2 rings (SSSR count). The Morgan fingerprint density at radius 1 is 1.00 bits per heavy atom. The van der Waals surface area contributed by atoms with E-state index in [1.807, 2.05) is 56.3 Å². The average Bonchev–Trinajstić information content (AvgIpc) is 2.32. The maximum absolute atomic E-state index is 12.2. The topological polar surface area (TPSA) is 17.1 Å². The van der Waals surface area contributed by atoms with Crippen molar-refractivity contribution in [3.05, 3.63) is 69.2 Å². The van der Waals surface area contributed by atoms with Crippen LogP contribution in [0.2, 0.25) is 0 Å². The van der Waals surface area contributed by atoms with E-state index in [4.69, 9.17) is 0 Å². The zero-order valence-electron chi connectivity index (χ0n) is 9.83. The summed E-state index contributed by atoms with van der Waals surface area (Å²) in [6.07, 6.45) is 0. The van der Waals surface area contributed by atoms with E-state index in [1.54, 1.807) is 0 Å². The van der Waals surface area contributed by atoms with E-state index in [-0.39, 0.29) is 5.78 Å². The first-order valence-electron chi connectivity index (χ1n) is 5.45. The summed E-state index contributed by atoms with van der Waals surface area (Å²) in [4.78, 5) is 12.2. The van der Waals surface area contributed by atoms with Crippen LogP contribution in [0.25, 0.3) is 0 Å². The molecule has 0 unspecified atom stereocenters. The van der Waals surface area contributed by atoms with E-state index in [0.29, 0.717) is 5.56 Å². The SMILES string of the molecule is Cc1cccc(C(=O)c2ccc(C)c(Br)c2)c1. The molecule has 0 saturated heterocycles. The highest BCUT2D eigenvalue weighted by molar-refractivity contribution is 9.10. The Morgan fingerprint density at radius 3 is 2.35 bits per heavy atom. The number of hydrogen-bond donors (Lipinski definition) is 0. The van der Waals surface area contributed by atoms with E-state index in [0.717, 1.165) is 21.2 Å². The van der Waals surface area contributed by atoms with Gasteiger partial charge < -0.3 is 0 Å². The summed E-state index contributed by atoms with van der Waals surface area (Å²) >= 11 is 3.45. The Bertz CT molecular complexity index is 573. The van der Waals surface area contributed by atoms with Gasteiger partial charge in [0.15, 0.2) is 5.78 Å². The summed E-state index contributed by atoms with van der Waals surface area (Å²) in [5, 5.41) is 0. The molecule has 0 aliphatic rings. The van der Waals surface area contributed by atoms with Gasteiger partial charge in [-0.05, 0) is 31.5 Å². The fourth-order valence-corrected chi connectivity index (χ4v) is 2.07. The second-order valence-electron chi connectivity index (χ2n) is 4.16. The lowest BCUT2D eigenvalue weighted by molar-refractivity contribution is 0.103. The van der Waals surface area contributed by atoms with Crippen molar-refractivity contribution in [3.63, 3.8) is 0 Å². The third-order valence-corrected chi connectivity index (χ3v) is 3.57. The van der Waals surface area contributed by atoms with Gasteiger partial charge in [0.1, 0.15) is 0 Å². The summed E-state index contributed by atoms with van der Waals surface area (Å²) in [6.45, 7) is 3.99. The molecule has 2 heteroatoms. The normalized spacial score (nSPS) is 10.3. The molecule has 0 spiro atoms. The van der Waals surface area contributed by atoms with Crippen LogP contribution in [0, 0.1) is 13.8 Å². The molecule has 2 aromatic carbocycles. The zero-order valence-corrected chi connectivity index (χ0v) is 11.4. The van der Waals surface area contributed by atoms with Crippen LogP contribution in [0.1, 0.15) is 27.0 Å². The highest BCUT2D eigenvalue weighted by Crippen LogP contribution is 2.20. The largest absolute Gasteiger partial charge is 0.289 e. The highest BCUT2D eigenvalue weighted by atomic mass is 79.9. The van der Waals surface area contributed by atoms with Gasteiger partial charge in [-0.15, -0.1) is 0 Å². The summed E-state index contributed by atoms with van der Waals surface area (Å²) in [6, 6.07) is 13.4. The quantitative estimate of drug-likeness (QED) is 0.753. The molecule has 0 radical (unpaired) electrons. The Kier molecular flexibility index (Phi) is 3.43. The van der Waals surface area contributed by atoms with Crippen molar-refractivity contribution in [1.82, 2.24) is 0 Å². The number of benzene rings is 2. The lowest BCUT2D eigenvalue weighted by atomic mass is 10.0. The molecule has 2 aromatic rings. The molecule has 0 aliphatic heterocycles. The molecule has 86 valence electrons. The van der Waals surface area contributed by atoms with Gasteiger partial charge in [0.05, 0.1) is 0 Å². The van der Waals surface area contributed by atoms with Crippen molar-refractivity contribution in [3.8, 4) is 0 Å². The van der Waals surface area contributed by atoms with Gasteiger partial charge in [0.25, 0.3) is 0 Å². The number of aryl methyl sites for hydroxylation is 2. The predicted molar refractivity (Wildman–Crippen MR) is 73.5 cm³/mol. The van der Waals surface area contributed by atoms with Crippen LogP contribution in [-0.4, -0.2) is 5.78 Å². The van der Waals surface area contributed by atoms with Crippen LogP contribution in [0.5, 0.6) is 0 Å². The minimum Gasteiger partial charge on any atom is -0.289 e. The Hall–Kier alpha value is -1.41. The number of rotatable bonds is 2. The van der Waals surface area contributed by atoms with Gasteiger partial charge in [0.2, 0.25) is 0 Å². The Balaban J connectivity index is 2.40. The molecule has 0 atom stereocenters. The minimum atomic E-state index is 0.0643. The summed E-state index contributed by atoms with van der Waals surface area (Å²) in [5.74, 6) is 0.0643. The molecule has 0 aromatic heterocycles. The van der Waals surface area contributed by atoms with Gasteiger partial charge >= 0.3 is 0 Å². The number of halogens is 1. The minimum absolute atomic E-state index is 0.0643. The first kappa shape index (κ1) is 12.1.